The molecule has 1 aliphatic rings. The number of nitrogens with zero attached hydrogens (tertiary/aromatic N) is 1. The zero-order valence-electron chi connectivity index (χ0n) is 13.0. The molecular formula is C17H27BrN2. The second kappa shape index (κ2) is 7.46. The molecule has 0 radical (unpaired) electrons. The molecule has 112 valence electrons. The Morgan fingerprint density at radius 2 is 2.00 bits per heavy atom. The van der Waals surface area contributed by atoms with Crippen molar-refractivity contribution in [3.63, 3.8) is 0 Å². The predicted octanol–water partition coefficient (Wildman–Crippen LogP) is 4.89. The van der Waals surface area contributed by atoms with Crippen LogP contribution in [-0.4, -0.2) is 19.1 Å². The minimum absolute atomic E-state index is 0.401. The maximum atomic E-state index is 3.64. The molecule has 1 unspecified atom stereocenters. The third-order valence-electron chi connectivity index (χ3n) is 4.38. The van der Waals surface area contributed by atoms with Crippen molar-refractivity contribution in [3.05, 3.63) is 28.2 Å². The van der Waals surface area contributed by atoms with Crippen LogP contribution in [0.2, 0.25) is 0 Å². The molecule has 3 heteroatoms. The van der Waals surface area contributed by atoms with Crippen LogP contribution in [0.3, 0.4) is 0 Å². The fourth-order valence-electron chi connectivity index (χ4n) is 3.39. The molecule has 0 spiro atoms. The summed E-state index contributed by atoms with van der Waals surface area (Å²) < 4.78 is 1.18. The lowest BCUT2D eigenvalue weighted by molar-refractivity contribution is 0.580. The van der Waals surface area contributed by atoms with Crippen molar-refractivity contribution in [1.82, 2.24) is 5.32 Å². The number of halogens is 1. The van der Waals surface area contributed by atoms with Gasteiger partial charge in [-0.2, -0.15) is 0 Å². The smallest absolute Gasteiger partial charge is 0.0428 e. The Morgan fingerprint density at radius 3 is 2.60 bits per heavy atom. The fraction of sp³-hybridized carbons (Fsp3) is 0.647. The summed E-state index contributed by atoms with van der Waals surface area (Å²) in [5.41, 5.74) is 2.83. The number of rotatable bonds is 6. The first-order valence-electron chi connectivity index (χ1n) is 7.96. The van der Waals surface area contributed by atoms with Gasteiger partial charge in [-0.25, -0.2) is 0 Å². The van der Waals surface area contributed by atoms with E-state index in [9.17, 15) is 0 Å². The SMILES string of the molecule is CCNC(C)c1ccc(Br)cc1N(CC)C1CCCC1. The Labute approximate surface area is 132 Å². The van der Waals surface area contributed by atoms with Gasteiger partial charge in [-0.05, 0) is 50.9 Å². The molecule has 1 aliphatic carbocycles. The van der Waals surface area contributed by atoms with Gasteiger partial charge in [0, 0.05) is 28.8 Å². The van der Waals surface area contributed by atoms with E-state index in [2.05, 4.69) is 65.1 Å². The van der Waals surface area contributed by atoms with Crippen LogP contribution in [0, 0.1) is 0 Å². The maximum Gasteiger partial charge on any atom is 0.0428 e. The molecule has 0 bridgehead atoms. The Hall–Kier alpha value is -0.540. The van der Waals surface area contributed by atoms with E-state index < -0.39 is 0 Å². The Bertz CT molecular complexity index is 427. The summed E-state index contributed by atoms with van der Waals surface area (Å²) in [5.74, 6) is 0. The third-order valence-corrected chi connectivity index (χ3v) is 4.88. The Kier molecular flexibility index (Phi) is 5.91. The van der Waals surface area contributed by atoms with Crippen molar-refractivity contribution < 1.29 is 0 Å². The number of hydrogen-bond donors (Lipinski definition) is 1. The van der Waals surface area contributed by atoms with Gasteiger partial charge in [0.1, 0.15) is 0 Å². The van der Waals surface area contributed by atoms with Gasteiger partial charge in [-0.1, -0.05) is 41.8 Å². The first-order valence-corrected chi connectivity index (χ1v) is 8.76. The summed E-state index contributed by atoms with van der Waals surface area (Å²) in [6, 6.07) is 7.85. The average Bonchev–Trinajstić information content (AvgIpc) is 2.94. The molecule has 1 atom stereocenters. The van der Waals surface area contributed by atoms with E-state index in [1.807, 2.05) is 0 Å². The van der Waals surface area contributed by atoms with Crippen molar-refractivity contribution >= 4 is 21.6 Å². The minimum atomic E-state index is 0.401. The predicted molar refractivity (Wildman–Crippen MR) is 91.5 cm³/mol. The van der Waals surface area contributed by atoms with Gasteiger partial charge >= 0.3 is 0 Å². The molecule has 1 N–H and O–H groups in total. The molecule has 1 fully saturated rings. The van der Waals surface area contributed by atoms with Gasteiger partial charge in [0.15, 0.2) is 0 Å². The van der Waals surface area contributed by atoms with E-state index in [4.69, 9.17) is 0 Å². The normalized spacial score (nSPS) is 17.4. The first kappa shape index (κ1) is 15.8. The fourth-order valence-corrected chi connectivity index (χ4v) is 3.74. The van der Waals surface area contributed by atoms with E-state index in [1.165, 1.54) is 41.4 Å². The first-order chi connectivity index (χ1) is 9.67. The van der Waals surface area contributed by atoms with E-state index in [1.54, 1.807) is 0 Å². The van der Waals surface area contributed by atoms with E-state index in [-0.39, 0.29) is 0 Å². The standard InChI is InChI=1S/C17H27BrN2/c1-4-19-13(3)16-11-10-14(18)12-17(16)20(5-2)15-8-6-7-9-15/h10-13,15,19H,4-9H2,1-3H3. The molecule has 1 aromatic rings. The lowest BCUT2D eigenvalue weighted by atomic mass is 10.0. The highest BCUT2D eigenvalue weighted by Gasteiger charge is 2.24. The van der Waals surface area contributed by atoms with Gasteiger partial charge in [0.2, 0.25) is 0 Å². The van der Waals surface area contributed by atoms with Crippen LogP contribution < -0.4 is 10.2 Å². The summed E-state index contributed by atoms with van der Waals surface area (Å²) in [7, 11) is 0. The highest BCUT2D eigenvalue weighted by Crippen LogP contribution is 2.34. The third kappa shape index (κ3) is 3.56. The second-order valence-corrected chi connectivity index (χ2v) is 6.62. The second-order valence-electron chi connectivity index (χ2n) is 5.71. The Balaban J connectivity index is 2.33. The van der Waals surface area contributed by atoms with Gasteiger partial charge < -0.3 is 10.2 Å². The maximum absolute atomic E-state index is 3.64. The molecule has 0 heterocycles. The van der Waals surface area contributed by atoms with E-state index in [0.717, 1.165) is 19.1 Å². The van der Waals surface area contributed by atoms with E-state index >= 15 is 0 Å². The molecule has 0 aromatic heterocycles. The molecule has 1 saturated carbocycles. The molecule has 2 nitrogen and oxygen atoms in total. The number of anilines is 1. The van der Waals surface area contributed by atoms with Crippen molar-refractivity contribution in [3.8, 4) is 0 Å². The van der Waals surface area contributed by atoms with Gasteiger partial charge in [-0.3, -0.25) is 0 Å². The quantitative estimate of drug-likeness (QED) is 0.794. The summed E-state index contributed by atoms with van der Waals surface area (Å²) >= 11 is 3.64. The van der Waals surface area contributed by atoms with Crippen molar-refractivity contribution in [1.29, 1.82) is 0 Å². The van der Waals surface area contributed by atoms with Crippen LogP contribution in [0.25, 0.3) is 0 Å². The van der Waals surface area contributed by atoms with Gasteiger partial charge in [0.05, 0.1) is 0 Å². The van der Waals surface area contributed by atoms with Crippen LogP contribution in [0.15, 0.2) is 22.7 Å². The van der Waals surface area contributed by atoms with Gasteiger partial charge in [0.25, 0.3) is 0 Å². The number of hydrogen-bond acceptors (Lipinski definition) is 2. The summed E-state index contributed by atoms with van der Waals surface area (Å²) in [5, 5.41) is 3.55. The van der Waals surface area contributed by atoms with Crippen LogP contribution in [0.5, 0.6) is 0 Å². The minimum Gasteiger partial charge on any atom is -0.369 e. The summed E-state index contributed by atoms with van der Waals surface area (Å²) in [6.45, 7) is 8.81. The number of benzene rings is 1. The van der Waals surface area contributed by atoms with Crippen LogP contribution in [0.4, 0.5) is 5.69 Å². The molecule has 20 heavy (non-hydrogen) atoms. The topological polar surface area (TPSA) is 15.3 Å². The lowest BCUT2D eigenvalue weighted by Gasteiger charge is -2.33. The monoisotopic (exact) mass is 338 g/mol. The van der Waals surface area contributed by atoms with Crippen LogP contribution in [0.1, 0.15) is 58.1 Å². The van der Waals surface area contributed by atoms with Gasteiger partial charge in [-0.15, -0.1) is 0 Å². The molecule has 0 saturated heterocycles. The average molecular weight is 339 g/mol. The summed E-state index contributed by atoms with van der Waals surface area (Å²) in [6.07, 6.45) is 5.45. The largest absolute Gasteiger partial charge is 0.369 e. The molecule has 1 aromatic carbocycles. The van der Waals surface area contributed by atoms with Crippen LogP contribution in [-0.2, 0) is 0 Å². The zero-order chi connectivity index (χ0) is 14.5. The molecule has 0 aliphatic heterocycles. The highest BCUT2D eigenvalue weighted by molar-refractivity contribution is 9.10. The van der Waals surface area contributed by atoms with Crippen molar-refractivity contribution in [2.75, 3.05) is 18.0 Å². The molecule has 0 amide bonds. The zero-order valence-corrected chi connectivity index (χ0v) is 14.5. The van der Waals surface area contributed by atoms with Crippen molar-refractivity contribution in [2.24, 2.45) is 0 Å². The lowest BCUT2D eigenvalue weighted by Crippen LogP contribution is -2.34. The van der Waals surface area contributed by atoms with Crippen molar-refractivity contribution in [2.45, 2.75) is 58.5 Å². The highest BCUT2D eigenvalue weighted by atomic mass is 79.9. The van der Waals surface area contributed by atoms with E-state index in [0.29, 0.717) is 6.04 Å². The number of nitrogens with one attached hydrogen (secondary N) is 1. The molecule has 2 rings (SSSR count). The molecular weight excluding hydrogens is 312 g/mol. The summed E-state index contributed by atoms with van der Waals surface area (Å²) in [4.78, 5) is 2.61. The van der Waals surface area contributed by atoms with Crippen LogP contribution >= 0.6 is 15.9 Å². The Morgan fingerprint density at radius 1 is 1.30 bits per heavy atom.